The highest BCUT2D eigenvalue weighted by Crippen LogP contribution is 2.21. The Hall–Kier alpha value is -0.570. The van der Waals surface area contributed by atoms with Gasteiger partial charge in [-0.15, -0.1) is 0 Å². The molecule has 0 unspecified atom stereocenters. The van der Waals surface area contributed by atoms with Crippen LogP contribution in [0.2, 0.25) is 0 Å². The molecule has 0 N–H and O–H groups in total. The summed E-state index contributed by atoms with van der Waals surface area (Å²) < 4.78 is 5.04. The highest BCUT2D eigenvalue weighted by molar-refractivity contribution is 5.79. The van der Waals surface area contributed by atoms with Gasteiger partial charge in [-0.1, -0.05) is 0 Å². The summed E-state index contributed by atoms with van der Waals surface area (Å²) in [4.78, 5) is 13.8. The van der Waals surface area contributed by atoms with E-state index in [9.17, 15) is 4.79 Å². The zero-order valence-corrected chi connectivity index (χ0v) is 8.80. The lowest BCUT2D eigenvalue weighted by Crippen LogP contribution is -2.49. The lowest BCUT2D eigenvalue weighted by Gasteiger charge is -2.32. The summed E-state index contributed by atoms with van der Waals surface area (Å²) in [5.41, 5.74) is -0.438. The molecule has 0 bridgehead atoms. The highest BCUT2D eigenvalue weighted by Gasteiger charge is 2.37. The van der Waals surface area contributed by atoms with E-state index in [1.807, 2.05) is 20.8 Å². The largest absolute Gasteiger partial charge is 0.465 e. The first kappa shape index (κ1) is 10.5. The van der Waals surface area contributed by atoms with E-state index in [1.165, 1.54) is 12.8 Å². The van der Waals surface area contributed by atoms with Gasteiger partial charge < -0.3 is 4.74 Å². The van der Waals surface area contributed by atoms with Gasteiger partial charge in [-0.2, -0.15) is 0 Å². The van der Waals surface area contributed by atoms with Crippen LogP contribution in [0, 0.1) is 0 Å². The van der Waals surface area contributed by atoms with Crippen LogP contribution in [0.15, 0.2) is 0 Å². The maximum atomic E-state index is 11.6. The van der Waals surface area contributed by atoms with Crippen LogP contribution < -0.4 is 0 Å². The Kier molecular flexibility index (Phi) is 3.31. The predicted octanol–water partition coefficient (Wildman–Crippen LogP) is 1.42. The van der Waals surface area contributed by atoms with Gasteiger partial charge in [0.25, 0.3) is 0 Å². The van der Waals surface area contributed by atoms with Crippen molar-refractivity contribution in [3.8, 4) is 0 Å². The molecule has 76 valence electrons. The van der Waals surface area contributed by atoms with Gasteiger partial charge >= 0.3 is 5.97 Å². The third-order valence-electron chi connectivity index (χ3n) is 2.67. The number of esters is 1. The summed E-state index contributed by atoms with van der Waals surface area (Å²) in [5.74, 6) is -0.100. The fourth-order valence-corrected chi connectivity index (χ4v) is 1.71. The van der Waals surface area contributed by atoms with Crippen LogP contribution in [0.4, 0.5) is 0 Å². The maximum absolute atomic E-state index is 11.6. The van der Waals surface area contributed by atoms with Gasteiger partial charge in [-0.3, -0.25) is 9.69 Å². The van der Waals surface area contributed by atoms with Gasteiger partial charge in [0.1, 0.15) is 5.54 Å². The zero-order valence-electron chi connectivity index (χ0n) is 8.80. The lowest BCUT2D eigenvalue weighted by atomic mass is 10.0. The second-order valence-corrected chi connectivity index (χ2v) is 3.97. The predicted molar refractivity (Wildman–Crippen MR) is 51.5 cm³/mol. The maximum Gasteiger partial charge on any atom is 0.325 e. The van der Waals surface area contributed by atoms with Crippen LogP contribution in [0.25, 0.3) is 0 Å². The average Bonchev–Trinajstić information content (AvgIpc) is 2.56. The fourth-order valence-electron chi connectivity index (χ4n) is 1.71. The molecule has 0 radical (unpaired) electrons. The molecule has 0 saturated carbocycles. The molecule has 0 aromatic carbocycles. The van der Waals surface area contributed by atoms with E-state index in [4.69, 9.17) is 4.74 Å². The third-order valence-corrected chi connectivity index (χ3v) is 2.67. The third kappa shape index (κ3) is 2.21. The van der Waals surface area contributed by atoms with Crippen molar-refractivity contribution >= 4 is 5.97 Å². The molecule has 1 heterocycles. The Balaban J connectivity index is 2.57. The Morgan fingerprint density at radius 3 is 2.38 bits per heavy atom. The summed E-state index contributed by atoms with van der Waals surface area (Å²) in [7, 11) is 0. The van der Waals surface area contributed by atoms with Crippen LogP contribution in [-0.2, 0) is 9.53 Å². The molecular formula is C10H19NO2. The van der Waals surface area contributed by atoms with Crippen molar-refractivity contribution in [3.05, 3.63) is 0 Å². The van der Waals surface area contributed by atoms with Gasteiger partial charge in [0.15, 0.2) is 0 Å². The van der Waals surface area contributed by atoms with Gasteiger partial charge in [-0.25, -0.2) is 0 Å². The van der Waals surface area contributed by atoms with Crippen LogP contribution in [-0.4, -0.2) is 36.1 Å². The van der Waals surface area contributed by atoms with Crippen molar-refractivity contribution in [2.24, 2.45) is 0 Å². The second-order valence-electron chi connectivity index (χ2n) is 3.97. The lowest BCUT2D eigenvalue weighted by molar-refractivity contribution is -0.155. The van der Waals surface area contributed by atoms with Gasteiger partial charge in [0.2, 0.25) is 0 Å². The molecule has 3 nitrogen and oxygen atoms in total. The average molecular weight is 185 g/mol. The smallest absolute Gasteiger partial charge is 0.325 e. The van der Waals surface area contributed by atoms with E-state index >= 15 is 0 Å². The molecule has 0 spiro atoms. The number of likely N-dealkylation sites (tertiary alicyclic amines) is 1. The number of carbonyl (C=O) groups excluding carboxylic acids is 1. The first-order valence-corrected chi connectivity index (χ1v) is 5.01. The van der Waals surface area contributed by atoms with E-state index in [0.29, 0.717) is 6.61 Å². The number of nitrogens with zero attached hydrogens (tertiary/aromatic N) is 1. The molecule has 13 heavy (non-hydrogen) atoms. The summed E-state index contributed by atoms with van der Waals surface area (Å²) in [6.45, 7) is 8.23. The van der Waals surface area contributed by atoms with Crippen LogP contribution in [0.1, 0.15) is 33.6 Å². The highest BCUT2D eigenvalue weighted by atomic mass is 16.5. The number of ether oxygens (including phenoxy) is 1. The molecule has 1 aliphatic heterocycles. The Morgan fingerprint density at radius 2 is 1.92 bits per heavy atom. The SMILES string of the molecule is CCOC(=O)C(C)(C)N1CCCC1. The molecule has 1 saturated heterocycles. The van der Waals surface area contributed by atoms with Gasteiger partial charge in [0.05, 0.1) is 6.61 Å². The van der Waals surface area contributed by atoms with E-state index in [-0.39, 0.29) is 5.97 Å². The van der Waals surface area contributed by atoms with Crippen molar-refractivity contribution < 1.29 is 9.53 Å². The number of hydrogen-bond acceptors (Lipinski definition) is 3. The molecule has 1 aliphatic rings. The minimum absolute atomic E-state index is 0.100. The molecule has 0 atom stereocenters. The fraction of sp³-hybridized carbons (Fsp3) is 0.900. The standard InChI is InChI=1S/C10H19NO2/c1-4-13-9(12)10(2,3)11-7-5-6-8-11/h4-8H2,1-3H3. The Morgan fingerprint density at radius 1 is 1.38 bits per heavy atom. The molecule has 1 rings (SSSR count). The Bertz CT molecular complexity index is 183. The van der Waals surface area contributed by atoms with Crippen molar-refractivity contribution in [1.29, 1.82) is 0 Å². The summed E-state index contributed by atoms with van der Waals surface area (Å²) >= 11 is 0. The van der Waals surface area contributed by atoms with Crippen LogP contribution >= 0.6 is 0 Å². The number of hydrogen-bond donors (Lipinski definition) is 0. The van der Waals surface area contributed by atoms with Crippen molar-refractivity contribution in [3.63, 3.8) is 0 Å². The van der Waals surface area contributed by atoms with Gasteiger partial charge in [0, 0.05) is 0 Å². The topological polar surface area (TPSA) is 29.5 Å². The van der Waals surface area contributed by atoms with Crippen molar-refractivity contribution in [2.45, 2.75) is 39.2 Å². The van der Waals surface area contributed by atoms with Crippen LogP contribution in [0.3, 0.4) is 0 Å². The molecule has 0 aromatic heterocycles. The van der Waals surface area contributed by atoms with Crippen molar-refractivity contribution in [2.75, 3.05) is 19.7 Å². The Labute approximate surface area is 80.1 Å². The molecule has 0 aliphatic carbocycles. The minimum Gasteiger partial charge on any atom is -0.465 e. The second kappa shape index (κ2) is 4.09. The van der Waals surface area contributed by atoms with E-state index in [2.05, 4.69) is 4.90 Å². The molecule has 0 amide bonds. The first-order valence-electron chi connectivity index (χ1n) is 5.01. The molecule has 0 aromatic rings. The number of carbonyl (C=O) groups is 1. The molecular weight excluding hydrogens is 166 g/mol. The van der Waals surface area contributed by atoms with Gasteiger partial charge in [-0.05, 0) is 46.7 Å². The van der Waals surface area contributed by atoms with E-state index in [0.717, 1.165) is 13.1 Å². The van der Waals surface area contributed by atoms with Crippen LogP contribution in [0.5, 0.6) is 0 Å². The monoisotopic (exact) mass is 185 g/mol. The summed E-state index contributed by atoms with van der Waals surface area (Å²) in [6.07, 6.45) is 2.39. The molecule has 1 fully saturated rings. The summed E-state index contributed by atoms with van der Waals surface area (Å²) in [6, 6.07) is 0. The van der Waals surface area contributed by atoms with Crippen molar-refractivity contribution in [1.82, 2.24) is 4.90 Å². The van der Waals surface area contributed by atoms with E-state index in [1.54, 1.807) is 0 Å². The normalized spacial score (nSPS) is 19.0. The number of rotatable bonds is 3. The quantitative estimate of drug-likeness (QED) is 0.623. The summed E-state index contributed by atoms with van der Waals surface area (Å²) in [5, 5.41) is 0. The first-order chi connectivity index (χ1) is 6.09. The van der Waals surface area contributed by atoms with E-state index < -0.39 is 5.54 Å². The minimum atomic E-state index is -0.438. The molecule has 3 heteroatoms. The zero-order chi connectivity index (χ0) is 9.90.